The summed E-state index contributed by atoms with van der Waals surface area (Å²) in [5.41, 5.74) is -0.186. The van der Waals surface area contributed by atoms with E-state index in [9.17, 15) is 9.59 Å². The maximum Gasteiger partial charge on any atom is 0.256 e. The van der Waals surface area contributed by atoms with Crippen molar-refractivity contribution in [1.82, 2.24) is 10.3 Å². The van der Waals surface area contributed by atoms with E-state index in [2.05, 4.69) is 26.2 Å². The highest BCUT2D eigenvalue weighted by atomic mass is 79.9. The van der Waals surface area contributed by atoms with Gasteiger partial charge in [-0.1, -0.05) is 15.9 Å². The topological polar surface area (TPSA) is 71.2 Å². The van der Waals surface area contributed by atoms with E-state index in [4.69, 9.17) is 4.74 Å². The maximum absolute atomic E-state index is 11.6. The van der Waals surface area contributed by atoms with Gasteiger partial charge in [0.25, 0.3) is 5.91 Å². The first-order chi connectivity index (χ1) is 7.65. The first kappa shape index (κ1) is 12.9. The van der Waals surface area contributed by atoms with E-state index < -0.39 is 0 Å². The number of aromatic amines is 1. The zero-order valence-electron chi connectivity index (χ0n) is 8.83. The number of aromatic nitrogens is 1. The Morgan fingerprint density at radius 1 is 1.69 bits per heavy atom. The molecule has 0 saturated heterocycles. The number of carbonyl (C=O) groups excluding carboxylic acids is 1. The van der Waals surface area contributed by atoms with Crippen molar-refractivity contribution in [2.75, 3.05) is 20.3 Å². The number of rotatable bonds is 5. The second-order valence-corrected chi connectivity index (χ2v) is 4.48. The van der Waals surface area contributed by atoms with Crippen LogP contribution in [0.2, 0.25) is 0 Å². The van der Waals surface area contributed by atoms with Gasteiger partial charge in [0.1, 0.15) is 5.56 Å². The molecule has 0 bridgehead atoms. The predicted molar refractivity (Wildman–Crippen MR) is 64.0 cm³/mol. The van der Waals surface area contributed by atoms with Gasteiger partial charge < -0.3 is 15.0 Å². The fourth-order valence-corrected chi connectivity index (χ4v) is 1.56. The highest BCUT2D eigenvalue weighted by molar-refractivity contribution is 9.09. The van der Waals surface area contributed by atoms with Crippen molar-refractivity contribution < 1.29 is 9.53 Å². The standard InChI is InChI=1S/C10H13BrN2O3/c1-16-6-7(11)4-13-10(15)8-5-12-3-2-9(8)14/h2-3,5,7H,4,6H2,1H3,(H,12,14)(H,13,15). The number of hydrogen-bond acceptors (Lipinski definition) is 3. The second-order valence-electron chi connectivity index (χ2n) is 3.18. The van der Waals surface area contributed by atoms with E-state index in [1.807, 2.05) is 0 Å². The van der Waals surface area contributed by atoms with Gasteiger partial charge >= 0.3 is 0 Å². The van der Waals surface area contributed by atoms with Crippen LogP contribution in [-0.2, 0) is 4.74 Å². The summed E-state index contributed by atoms with van der Waals surface area (Å²) in [5, 5.41) is 2.64. The Hall–Kier alpha value is -1.14. The molecular weight excluding hydrogens is 276 g/mol. The Kier molecular flexibility index (Phi) is 5.21. The van der Waals surface area contributed by atoms with Gasteiger partial charge in [0.15, 0.2) is 5.43 Å². The number of ether oxygens (including phenoxy) is 1. The lowest BCUT2D eigenvalue weighted by Gasteiger charge is -2.09. The molecule has 0 aromatic carbocycles. The number of halogens is 1. The number of carbonyl (C=O) groups is 1. The highest BCUT2D eigenvalue weighted by Gasteiger charge is 2.11. The number of hydrogen-bond donors (Lipinski definition) is 2. The van der Waals surface area contributed by atoms with Crippen LogP contribution in [0.4, 0.5) is 0 Å². The fourth-order valence-electron chi connectivity index (χ4n) is 1.13. The summed E-state index contributed by atoms with van der Waals surface area (Å²) < 4.78 is 4.90. The zero-order chi connectivity index (χ0) is 12.0. The molecule has 0 radical (unpaired) electrons. The van der Waals surface area contributed by atoms with Crippen LogP contribution in [0.25, 0.3) is 0 Å². The van der Waals surface area contributed by atoms with Gasteiger partial charge in [-0.25, -0.2) is 0 Å². The van der Waals surface area contributed by atoms with Crippen LogP contribution in [0.3, 0.4) is 0 Å². The van der Waals surface area contributed by atoms with Crippen LogP contribution < -0.4 is 10.7 Å². The lowest BCUT2D eigenvalue weighted by atomic mass is 10.2. The van der Waals surface area contributed by atoms with Gasteiger partial charge in [0.2, 0.25) is 0 Å². The second kappa shape index (κ2) is 6.44. The van der Waals surface area contributed by atoms with Gasteiger partial charge in [-0.15, -0.1) is 0 Å². The lowest BCUT2D eigenvalue weighted by molar-refractivity contribution is 0.0948. The zero-order valence-corrected chi connectivity index (χ0v) is 10.4. The third kappa shape index (κ3) is 3.79. The van der Waals surface area contributed by atoms with E-state index in [-0.39, 0.29) is 21.7 Å². The molecule has 1 rings (SSSR count). The molecule has 88 valence electrons. The Morgan fingerprint density at radius 2 is 2.44 bits per heavy atom. The van der Waals surface area contributed by atoms with Gasteiger partial charge in [0.05, 0.1) is 11.4 Å². The molecule has 0 spiro atoms. The molecule has 1 heterocycles. The normalized spacial score (nSPS) is 12.1. The number of nitrogens with one attached hydrogen (secondary N) is 2. The summed E-state index contributed by atoms with van der Waals surface area (Å²) in [6, 6.07) is 1.32. The average molecular weight is 289 g/mol. The van der Waals surface area contributed by atoms with E-state index in [0.717, 1.165) is 0 Å². The summed E-state index contributed by atoms with van der Waals surface area (Å²) in [6.45, 7) is 0.895. The molecular formula is C10H13BrN2O3. The lowest BCUT2D eigenvalue weighted by Crippen LogP contribution is -2.34. The summed E-state index contributed by atoms with van der Waals surface area (Å²) in [4.78, 5) is 25.6. The highest BCUT2D eigenvalue weighted by Crippen LogP contribution is 1.98. The molecule has 1 atom stereocenters. The third-order valence-corrected chi connectivity index (χ3v) is 2.49. The van der Waals surface area contributed by atoms with Crippen molar-refractivity contribution in [3.63, 3.8) is 0 Å². The molecule has 0 aliphatic carbocycles. The molecule has 0 saturated carbocycles. The van der Waals surface area contributed by atoms with E-state index >= 15 is 0 Å². The summed E-state index contributed by atoms with van der Waals surface area (Å²) >= 11 is 3.33. The summed E-state index contributed by atoms with van der Waals surface area (Å²) in [6.07, 6.45) is 2.87. The Balaban J connectivity index is 2.54. The monoisotopic (exact) mass is 288 g/mol. The van der Waals surface area contributed by atoms with Gasteiger partial charge in [-0.05, 0) is 0 Å². The van der Waals surface area contributed by atoms with Gasteiger partial charge in [0, 0.05) is 32.1 Å². The van der Waals surface area contributed by atoms with Crippen molar-refractivity contribution in [3.05, 3.63) is 34.2 Å². The van der Waals surface area contributed by atoms with Crippen LogP contribution in [0, 0.1) is 0 Å². The van der Waals surface area contributed by atoms with E-state index in [0.29, 0.717) is 13.2 Å². The molecule has 1 unspecified atom stereocenters. The fraction of sp³-hybridized carbons (Fsp3) is 0.400. The van der Waals surface area contributed by atoms with E-state index in [1.165, 1.54) is 18.5 Å². The summed E-state index contributed by atoms with van der Waals surface area (Å²) in [7, 11) is 1.58. The first-order valence-corrected chi connectivity index (χ1v) is 5.65. The predicted octanol–water partition coefficient (Wildman–Crippen LogP) is 0.515. The molecule has 1 aromatic rings. The minimum atomic E-state index is -0.387. The largest absolute Gasteiger partial charge is 0.383 e. The number of pyridine rings is 1. The van der Waals surface area contributed by atoms with Gasteiger partial charge in [-0.3, -0.25) is 9.59 Å². The molecule has 0 fully saturated rings. The minimum absolute atomic E-state index is 0.0317. The smallest absolute Gasteiger partial charge is 0.256 e. The number of alkyl halides is 1. The van der Waals surface area contributed by atoms with Crippen molar-refractivity contribution in [1.29, 1.82) is 0 Å². The number of amides is 1. The third-order valence-electron chi connectivity index (χ3n) is 1.90. The molecule has 2 N–H and O–H groups in total. The Labute approximate surface area is 101 Å². The van der Waals surface area contributed by atoms with Crippen LogP contribution >= 0.6 is 15.9 Å². The van der Waals surface area contributed by atoms with Gasteiger partial charge in [-0.2, -0.15) is 0 Å². The Bertz CT molecular complexity index is 405. The molecule has 16 heavy (non-hydrogen) atoms. The van der Waals surface area contributed by atoms with Crippen LogP contribution in [-0.4, -0.2) is 36.0 Å². The molecule has 1 amide bonds. The maximum atomic E-state index is 11.6. The number of H-pyrrole nitrogens is 1. The van der Waals surface area contributed by atoms with Crippen molar-refractivity contribution in [3.8, 4) is 0 Å². The van der Waals surface area contributed by atoms with Crippen molar-refractivity contribution >= 4 is 21.8 Å². The molecule has 6 heteroatoms. The molecule has 0 aliphatic rings. The minimum Gasteiger partial charge on any atom is -0.383 e. The van der Waals surface area contributed by atoms with Crippen LogP contribution in [0.1, 0.15) is 10.4 Å². The molecule has 1 aromatic heterocycles. The van der Waals surface area contributed by atoms with E-state index in [1.54, 1.807) is 7.11 Å². The van der Waals surface area contributed by atoms with Crippen molar-refractivity contribution in [2.24, 2.45) is 0 Å². The summed E-state index contributed by atoms with van der Waals surface area (Å²) in [5.74, 6) is -0.387. The Morgan fingerprint density at radius 3 is 3.06 bits per heavy atom. The first-order valence-electron chi connectivity index (χ1n) is 4.73. The van der Waals surface area contributed by atoms with Crippen LogP contribution in [0.5, 0.6) is 0 Å². The SMILES string of the molecule is COCC(Br)CNC(=O)c1c[nH]ccc1=O. The van der Waals surface area contributed by atoms with Crippen molar-refractivity contribution in [2.45, 2.75) is 4.83 Å². The quantitative estimate of drug-likeness (QED) is 0.776. The molecule has 5 nitrogen and oxygen atoms in total. The van der Waals surface area contributed by atoms with Crippen LogP contribution in [0.15, 0.2) is 23.3 Å². The molecule has 0 aliphatic heterocycles. The number of methoxy groups -OCH3 is 1. The average Bonchev–Trinajstić information content (AvgIpc) is 2.27.